The Balaban J connectivity index is 2.45. The molecular formula is C13H20ClN3O3. The molecule has 0 saturated heterocycles. The van der Waals surface area contributed by atoms with Crippen molar-refractivity contribution in [2.75, 3.05) is 45.7 Å². The van der Waals surface area contributed by atoms with E-state index in [0.29, 0.717) is 19.8 Å². The number of nitrogens with zero attached hydrogens (tertiary/aromatic N) is 2. The summed E-state index contributed by atoms with van der Waals surface area (Å²) in [7, 11) is 3.98. The number of likely N-dealkylation sites (N-methyl/N-ethyl adjacent to an activating group) is 1. The number of nitrogens with one attached hydrogen (secondary N) is 1. The van der Waals surface area contributed by atoms with E-state index in [4.69, 9.17) is 16.3 Å². The molecule has 1 rings (SSSR count). The van der Waals surface area contributed by atoms with Crippen LogP contribution in [-0.4, -0.2) is 50.2 Å². The van der Waals surface area contributed by atoms with Crippen molar-refractivity contribution in [2.24, 2.45) is 0 Å². The molecule has 0 fully saturated rings. The van der Waals surface area contributed by atoms with Crippen LogP contribution in [0.4, 0.5) is 11.4 Å². The van der Waals surface area contributed by atoms with Gasteiger partial charge < -0.3 is 15.0 Å². The quantitative estimate of drug-likeness (QED) is 0.454. The summed E-state index contributed by atoms with van der Waals surface area (Å²) >= 11 is 5.88. The topological polar surface area (TPSA) is 67.6 Å². The summed E-state index contributed by atoms with van der Waals surface area (Å²) in [5, 5.41) is 14.0. The Labute approximate surface area is 123 Å². The number of rotatable bonds is 8. The molecule has 0 bridgehead atoms. The van der Waals surface area contributed by atoms with E-state index in [0.717, 1.165) is 17.8 Å². The van der Waals surface area contributed by atoms with Gasteiger partial charge in [-0.1, -0.05) is 11.6 Å². The second-order valence-corrected chi connectivity index (χ2v) is 5.13. The van der Waals surface area contributed by atoms with Gasteiger partial charge >= 0.3 is 0 Å². The van der Waals surface area contributed by atoms with Crippen LogP contribution in [0.1, 0.15) is 5.56 Å². The predicted octanol–water partition coefficient (Wildman–Crippen LogP) is 2.55. The van der Waals surface area contributed by atoms with Crippen LogP contribution in [0, 0.1) is 17.0 Å². The van der Waals surface area contributed by atoms with Gasteiger partial charge in [0.15, 0.2) is 0 Å². The summed E-state index contributed by atoms with van der Waals surface area (Å²) in [5.41, 5.74) is 1.50. The monoisotopic (exact) mass is 301 g/mol. The fourth-order valence-corrected chi connectivity index (χ4v) is 1.84. The summed E-state index contributed by atoms with van der Waals surface area (Å²) in [6.07, 6.45) is 0. The van der Waals surface area contributed by atoms with Crippen LogP contribution in [0.2, 0.25) is 5.02 Å². The molecule has 0 saturated carbocycles. The van der Waals surface area contributed by atoms with Crippen LogP contribution in [0.15, 0.2) is 12.1 Å². The van der Waals surface area contributed by atoms with Gasteiger partial charge in [0.25, 0.3) is 5.69 Å². The lowest BCUT2D eigenvalue weighted by Crippen LogP contribution is -2.20. The number of hydrogen-bond acceptors (Lipinski definition) is 5. The van der Waals surface area contributed by atoms with Crippen LogP contribution in [0.3, 0.4) is 0 Å². The number of benzene rings is 1. The third-order valence-electron chi connectivity index (χ3n) is 2.74. The van der Waals surface area contributed by atoms with E-state index in [1.807, 2.05) is 19.0 Å². The Hall–Kier alpha value is -1.37. The zero-order valence-electron chi connectivity index (χ0n) is 12.0. The Morgan fingerprint density at radius 2 is 2.10 bits per heavy atom. The molecule has 1 N–H and O–H groups in total. The smallest absolute Gasteiger partial charge is 0.288 e. The Bertz CT molecular complexity index is 466. The van der Waals surface area contributed by atoms with Crippen molar-refractivity contribution in [3.63, 3.8) is 0 Å². The van der Waals surface area contributed by atoms with Crippen molar-refractivity contribution in [1.82, 2.24) is 4.90 Å². The average molecular weight is 302 g/mol. The van der Waals surface area contributed by atoms with Gasteiger partial charge in [0.1, 0.15) is 5.02 Å². The Morgan fingerprint density at radius 1 is 1.40 bits per heavy atom. The molecule has 0 unspecified atom stereocenters. The molecule has 0 spiro atoms. The third kappa shape index (κ3) is 5.32. The summed E-state index contributed by atoms with van der Waals surface area (Å²) in [4.78, 5) is 12.3. The van der Waals surface area contributed by atoms with E-state index in [1.165, 1.54) is 6.07 Å². The van der Waals surface area contributed by atoms with Crippen molar-refractivity contribution < 1.29 is 9.66 Å². The Morgan fingerprint density at radius 3 is 2.70 bits per heavy atom. The van der Waals surface area contributed by atoms with Crippen LogP contribution in [0.25, 0.3) is 0 Å². The zero-order chi connectivity index (χ0) is 15.1. The first-order valence-corrected chi connectivity index (χ1v) is 6.70. The van der Waals surface area contributed by atoms with Gasteiger partial charge in [0.05, 0.1) is 18.1 Å². The SMILES string of the molecule is Cc1cc([N+](=O)[O-])c(Cl)cc1NCCOCCN(C)C. The molecule has 0 aliphatic carbocycles. The molecule has 0 radical (unpaired) electrons. The lowest BCUT2D eigenvalue weighted by molar-refractivity contribution is -0.384. The number of aryl methyl sites for hydroxylation is 1. The fourth-order valence-electron chi connectivity index (χ4n) is 1.60. The molecule has 1 aromatic carbocycles. The average Bonchev–Trinajstić information content (AvgIpc) is 2.36. The third-order valence-corrected chi connectivity index (χ3v) is 3.04. The van der Waals surface area contributed by atoms with Crippen molar-refractivity contribution in [2.45, 2.75) is 6.92 Å². The number of nitro groups is 1. The van der Waals surface area contributed by atoms with E-state index in [-0.39, 0.29) is 10.7 Å². The number of halogens is 1. The molecule has 20 heavy (non-hydrogen) atoms. The molecule has 0 aromatic heterocycles. The minimum atomic E-state index is -0.483. The largest absolute Gasteiger partial charge is 0.382 e. The van der Waals surface area contributed by atoms with Crippen LogP contribution in [0.5, 0.6) is 0 Å². The van der Waals surface area contributed by atoms with Gasteiger partial charge in [0.2, 0.25) is 0 Å². The van der Waals surface area contributed by atoms with Gasteiger partial charge in [-0.3, -0.25) is 10.1 Å². The zero-order valence-corrected chi connectivity index (χ0v) is 12.7. The molecule has 1 aromatic rings. The molecule has 6 nitrogen and oxygen atoms in total. The molecule has 0 aliphatic heterocycles. The number of ether oxygens (including phenoxy) is 1. The van der Waals surface area contributed by atoms with E-state index in [1.54, 1.807) is 13.0 Å². The van der Waals surface area contributed by atoms with Crippen molar-refractivity contribution in [1.29, 1.82) is 0 Å². The second-order valence-electron chi connectivity index (χ2n) is 4.72. The number of nitro benzene ring substituents is 1. The van der Waals surface area contributed by atoms with E-state index >= 15 is 0 Å². The number of anilines is 1. The first-order chi connectivity index (χ1) is 9.41. The van der Waals surface area contributed by atoms with Crippen LogP contribution < -0.4 is 5.32 Å². The highest BCUT2D eigenvalue weighted by atomic mass is 35.5. The Kier molecular flexibility index (Phi) is 6.70. The molecule has 112 valence electrons. The second kappa shape index (κ2) is 8.04. The maximum Gasteiger partial charge on any atom is 0.288 e. The molecule has 0 amide bonds. The predicted molar refractivity (Wildman–Crippen MR) is 80.7 cm³/mol. The fraction of sp³-hybridized carbons (Fsp3) is 0.538. The summed E-state index contributed by atoms with van der Waals surface area (Å²) < 4.78 is 5.45. The van der Waals surface area contributed by atoms with Crippen LogP contribution >= 0.6 is 11.6 Å². The molecule has 0 heterocycles. The summed E-state index contributed by atoms with van der Waals surface area (Å²) in [6.45, 7) is 4.56. The lowest BCUT2D eigenvalue weighted by atomic mass is 10.2. The highest BCUT2D eigenvalue weighted by Gasteiger charge is 2.14. The van der Waals surface area contributed by atoms with Crippen molar-refractivity contribution >= 4 is 23.0 Å². The van der Waals surface area contributed by atoms with Gasteiger partial charge in [0, 0.05) is 24.8 Å². The highest BCUT2D eigenvalue weighted by Crippen LogP contribution is 2.30. The van der Waals surface area contributed by atoms with Gasteiger partial charge in [-0.15, -0.1) is 0 Å². The van der Waals surface area contributed by atoms with Crippen LogP contribution in [-0.2, 0) is 4.74 Å². The molecular weight excluding hydrogens is 282 g/mol. The van der Waals surface area contributed by atoms with E-state index in [9.17, 15) is 10.1 Å². The van der Waals surface area contributed by atoms with Gasteiger partial charge in [-0.2, -0.15) is 0 Å². The molecule has 7 heteroatoms. The van der Waals surface area contributed by atoms with E-state index in [2.05, 4.69) is 5.32 Å². The number of hydrogen-bond donors (Lipinski definition) is 1. The van der Waals surface area contributed by atoms with E-state index < -0.39 is 4.92 Å². The standard InChI is InChI=1S/C13H20ClN3O3/c1-10-8-13(17(18)19)11(14)9-12(10)15-4-6-20-7-5-16(2)3/h8-9,15H,4-7H2,1-3H3. The van der Waals surface area contributed by atoms with Crippen molar-refractivity contribution in [3.8, 4) is 0 Å². The van der Waals surface area contributed by atoms with Crippen molar-refractivity contribution in [3.05, 3.63) is 32.8 Å². The molecule has 0 aliphatic rings. The minimum Gasteiger partial charge on any atom is -0.382 e. The molecule has 0 atom stereocenters. The highest BCUT2D eigenvalue weighted by molar-refractivity contribution is 6.33. The maximum atomic E-state index is 10.7. The first-order valence-electron chi connectivity index (χ1n) is 6.32. The summed E-state index contributed by atoms with van der Waals surface area (Å²) in [6, 6.07) is 3.05. The minimum absolute atomic E-state index is 0.0723. The maximum absolute atomic E-state index is 10.7. The van der Waals surface area contributed by atoms with Gasteiger partial charge in [-0.25, -0.2) is 0 Å². The first kappa shape index (κ1) is 16.7. The van der Waals surface area contributed by atoms with Gasteiger partial charge in [-0.05, 0) is 32.6 Å². The normalized spacial score (nSPS) is 10.8. The summed E-state index contributed by atoms with van der Waals surface area (Å²) in [5.74, 6) is 0. The lowest BCUT2D eigenvalue weighted by Gasteiger charge is -2.12.